The van der Waals surface area contributed by atoms with Crippen LogP contribution < -0.4 is 16.0 Å². The van der Waals surface area contributed by atoms with E-state index in [1.807, 2.05) is 0 Å². The summed E-state index contributed by atoms with van der Waals surface area (Å²) in [5, 5.41) is 18.4. The first-order valence-electron chi connectivity index (χ1n) is 11.1. The molecule has 2 aromatic carbocycles. The van der Waals surface area contributed by atoms with E-state index >= 15 is 0 Å². The maximum atomic E-state index is 14.2. The minimum absolute atomic E-state index is 0.0464. The zero-order valence-electron chi connectivity index (χ0n) is 18.9. The molecule has 1 aliphatic heterocycles. The van der Waals surface area contributed by atoms with Gasteiger partial charge >= 0.3 is 12.1 Å². The third-order valence-electron chi connectivity index (χ3n) is 6.12. The number of aromatic nitrogens is 1. The molecule has 0 bridgehead atoms. The fraction of sp³-hybridized carbons (Fsp3) is 0.292. The van der Waals surface area contributed by atoms with E-state index in [0.29, 0.717) is 29.4 Å². The van der Waals surface area contributed by atoms with Gasteiger partial charge in [0.05, 0.1) is 28.9 Å². The molecule has 11 heteroatoms. The number of para-hydroxylation sites is 1. The summed E-state index contributed by atoms with van der Waals surface area (Å²) in [4.78, 5) is 39.8. The highest BCUT2D eigenvalue weighted by molar-refractivity contribution is 6.30. The predicted molar refractivity (Wildman–Crippen MR) is 130 cm³/mol. The monoisotopic (exact) mass is 501 g/mol. The number of nitrogens with zero attached hydrogens (tertiary/aromatic N) is 2. The summed E-state index contributed by atoms with van der Waals surface area (Å²) in [6, 6.07) is 9.19. The van der Waals surface area contributed by atoms with Crippen LogP contribution in [0.4, 0.5) is 19.7 Å². The van der Waals surface area contributed by atoms with Gasteiger partial charge in [0.15, 0.2) is 0 Å². The van der Waals surface area contributed by atoms with Gasteiger partial charge in [-0.1, -0.05) is 41.9 Å². The van der Waals surface area contributed by atoms with Gasteiger partial charge in [-0.15, -0.1) is 0 Å². The van der Waals surface area contributed by atoms with Crippen LogP contribution in [-0.4, -0.2) is 58.3 Å². The maximum Gasteiger partial charge on any atom is 0.325 e. The quantitative estimate of drug-likeness (QED) is 0.429. The van der Waals surface area contributed by atoms with Crippen molar-refractivity contribution in [1.29, 1.82) is 0 Å². The number of nitrogens with one attached hydrogen (secondary N) is 3. The van der Waals surface area contributed by atoms with E-state index in [0.717, 1.165) is 0 Å². The number of halogens is 2. The van der Waals surface area contributed by atoms with Crippen molar-refractivity contribution in [3.05, 3.63) is 65.1 Å². The molecule has 1 fully saturated rings. The Hall–Kier alpha value is -3.63. The van der Waals surface area contributed by atoms with Crippen molar-refractivity contribution >= 4 is 46.2 Å². The molecule has 1 saturated heterocycles. The fourth-order valence-electron chi connectivity index (χ4n) is 4.36. The lowest BCUT2D eigenvalue weighted by molar-refractivity contribution is -0.125. The molecule has 4 rings (SSSR count). The van der Waals surface area contributed by atoms with Crippen LogP contribution in [0.1, 0.15) is 18.4 Å². The molecule has 0 saturated carbocycles. The van der Waals surface area contributed by atoms with Crippen molar-refractivity contribution in [3.8, 4) is 0 Å². The van der Waals surface area contributed by atoms with Gasteiger partial charge < -0.3 is 26.0 Å². The first-order valence-corrected chi connectivity index (χ1v) is 11.5. The van der Waals surface area contributed by atoms with E-state index in [4.69, 9.17) is 11.6 Å². The first kappa shape index (κ1) is 24.5. The summed E-state index contributed by atoms with van der Waals surface area (Å²) >= 11 is 5.80. The van der Waals surface area contributed by atoms with Crippen molar-refractivity contribution in [2.45, 2.75) is 31.5 Å². The van der Waals surface area contributed by atoms with Crippen LogP contribution >= 0.6 is 11.6 Å². The molecule has 1 aliphatic rings. The molecule has 0 unspecified atom stereocenters. The van der Waals surface area contributed by atoms with Gasteiger partial charge in [-0.25, -0.2) is 14.0 Å². The van der Waals surface area contributed by atoms with E-state index in [1.54, 1.807) is 30.3 Å². The Labute approximate surface area is 205 Å². The highest BCUT2D eigenvalue weighted by atomic mass is 35.5. The van der Waals surface area contributed by atoms with Crippen molar-refractivity contribution in [1.82, 2.24) is 20.1 Å². The Morgan fingerprint density at radius 2 is 1.89 bits per heavy atom. The van der Waals surface area contributed by atoms with Crippen molar-refractivity contribution in [2.24, 2.45) is 0 Å². The van der Waals surface area contributed by atoms with Gasteiger partial charge in [0.25, 0.3) is 0 Å². The Kier molecular flexibility index (Phi) is 7.23. The number of rotatable bonds is 5. The second-order valence-electron chi connectivity index (χ2n) is 8.18. The standard InChI is InChI=1S/C24H25ClFN5O4/c1-27-23(34)30-12-18(16-6-2-3-8-19(16)30)29-24(35)31-15(13-32)9-10-20(31)22(33)28-11-14-5-4-7-17(25)21(14)26/h2-8,12,15,20,32H,9-11,13H2,1H3,(H,27,34)(H,28,33)(H,29,35)/t15-,20+/m1/s1. The molecule has 1 aromatic heterocycles. The number of hydrogen-bond acceptors (Lipinski definition) is 4. The molecular weight excluding hydrogens is 477 g/mol. The number of aliphatic hydroxyl groups excluding tert-OH is 1. The normalized spacial score (nSPS) is 17.4. The van der Waals surface area contributed by atoms with Crippen molar-refractivity contribution < 1.29 is 23.9 Å². The minimum atomic E-state index is -0.860. The molecule has 0 radical (unpaired) electrons. The summed E-state index contributed by atoms with van der Waals surface area (Å²) < 4.78 is 15.6. The van der Waals surface area contributed by atoms with Crippen LogP contribution in [0.15, 0.2) is 48.7 Å². The molecule has 9 nitrogen and oxygen atoms in total. The number of likely N-dealkylation sites (tertiary alicyclic amines) is 1. The molecule has 184 valence electrons. The highest BCUT2D eigenvalue weighted by Gasteiger charge is 2.41. The lowest BCUT2D eigenvalue weighted by Crippen LogP contribution is -2.51. The third-order valence-corrected chi connectivity index (χ3v) is 6.41. The second kappa shape index (κ2) is 10.3. The van der Waals surface area contributed by atoms with Gasteiger partial charge in [-0.2, -0.15) is 0 Å². The van der Waals surface area contributed by atoms with Crippen molar-refractivity contribution in [2.75, 3.05) is 19.0 Å². The molecular formula is C24H25ClFN5O4. The Morgan fingerprint density at radius 1 is 1.11 bits per heavy atom. The number of anilines is 1. The Balaban J connectivity index is 1.54. The van der Waals surface area contributed by atoms with E-state index in [1.165, 1.54) is 34.8 Å². The SMILES string of the molecule is CNC(=O)n1cc(NC(=O)N2[C@@H](CO)CC[C@H]2C(=O)NCc2cccc(Cl)c2F)c2ccccc21. The van der Waals surface area contributed by atoms with Gasteiger partial charge in [-0.3, -0.25) is 9.36 Å². The zero-order valence-corrected chi connectivity index (χ0v) is 19.7. The molecule has 2 heterocycles. The number of aliphatic hydroxyl groups is 1. The van der Waals surface area contributed by atoms with Crippen molar-refractivity contribution in [3.63, 3.8) is 0 Å². The summed E-state index contributed by atoms with van der Waals surface area (Å²) in [5.41, 5.74) is 1.21. The smallest absolute Gasteiger partial charge is 0.325 e. The number of hydrogen-bond donors (Lipinski definition) is 4. The van der Waals surface area contributed by atoms with Gasteiger partial charge in [0, 0.05) is 30.7 Å². The van der Waals surface area contributed by atoms with Crippen LogP contribution in [0, 0.1) is 5.82 Å². The van der Waals surface area contributed by atoms with Gasteiger partial charge in [0.1, 0.15) is 11.9 Å². The topological polar surface area (TPSA) is 116 Å². The molecule has 35 heavy (non-hydrogen) atoms. The number of carbonyl (C=O) groups excluding carboxylic acids is 3. The van der Waals surface area contributed by atoms with E-state index < -0.39 is 29.8 Å². The van der Waals surface area contributed by atoms with Gasteiger partial charge in [0.2, 0.25) is 5.91 Å². The fourth-order valence-corrected chi connectivity index (χ4v) is 4.55. The summed E-state index contributed by atoms with van der Waals surface area (Å²) in [6.45, 7) is -0.416. The highest BCUT2D eigenvalue weighted by Crippen LogP contribution is 2.29. The van der Waals surface area contributed by atoms with E-state index in [-0.39, 0.29) is 29.8 Å². The summed E-state index contributed by atoms with van der Waals surface area (Å²) in [7, 11) is 1.50. The molecule has 0 spiro atoms. The molecule has 3 aromatic rings. The number of benzene rings is 2. The number of carbonyl (C=O) groups is 3. The van der Waals surface area contributed by atoms with Crippen LogP contribution in [0.5, 0.6) is 0 Å². The Morgan fingerprint density at radius 3 is 2.63 bits per heavy atom. The molecule has 0 aliphatic carbocycles. The second-order valence-corrected chi connectivity index (χ2v) is 8.59. The van der Waals surface area contributed by atoms with Crippen LogP contribution in [0.3, 0.4) is 0 Å². The predicted octanol–water partition coefficient (Wildman–Crippen LogP) is 3.29. The summed E-state index contributed by atoms with van der Waals surface area (Å²) in [6.07, 6.45) is 2.26. The molecule has 4 N–H and O–H groups in total. The number of fused-ring (bicyclic) bond motifs is 1. The number of urea groups is 1. The number of amides is 4. The van der Waals surface area contributed by atoms with Crippen LogP contribution in [0.25, 0.3) is 10.9 Å². The zero-order chi connectivity index (χ0) is 25.1. The maximum absolute atomic E-state index is 14.2. The van der Waals surface area contributed by atoms with Crippen LogP contribution in [0.2, 0.25) is 5.02 Å². The average Bonchev–Trinajstić information content (AvgIpc) is 3.46. The summed E-state index contributed by atoms with van der Waals surface area (Å²) in [5.74, 6) is -1.08. The largest absolute Gasteiger partial charge is 0.394 e. The van der Waals surface area contributed by atoms with E-state index in [2.05, 4.69) is 16.0 Å². The van der Waals surface area contributed by atoms with Crippen LogP contribution in [-0.2, 0) is 11.3 Å². The minimum Gasteiger partial charge on any atom is -0.394 e. The molecule has 2 atom stereocenters. The van der Waals surface area contributed by atoms with E-state index in [9.17, 15) is 23.9 Å². The Bertz CT molecular complexity index is 1280. The third kappa shape index (κ3) is 4.80. The lowest BCUT2D eigenvalue weighted by atomic mass is 10.1. The first-order chi connectivity index (χ1) is 16.8. The van der Waals surface area contributed by atoms with Gasteiger partial charge in [-0.05, 0) is 25.0 Å². The average molecular weight is 502 g/mol. The lowest BCUT2D eigenvalue weighted by Gasteiger charge is -2.29. The molecule has 4 amide bonds.